The Morgan fingerprint density at radius 1 is 0.629 bits per heavy atom. The van der Waals surface area contributed by atoms with Gasteiger partial charge in [-0.1, -0.05) is 66.7 Å². The molecule has 0 radical (unpaired) electrons. The van der Waals surface area contributed by atoms with E-state index in [0.29, 0.717) is 11.1 Å². The molecule has 0 aliphatic carbocycles. The van der Waals surface area contributed by atoms with E-state index in [0.717, 1.165) is 49.1 Å². The molecule has 0 spiro atoms. The summed E-state index contributed by atoms with van der Waals surface area (Å²) >= 11 is 0. The lowest BCUT2D eigenvalue weighted by molar-refractivity contribution is 0.530. The first kappa shape index (κ1) is 19.9. The van der Waals surface area contributed by atoms with Gasteiger partial charge in [-0.25, -0.2) is 4.79 Å². The minimum Gasteiger partial charge on any atom is -0.422 e. The molecule has 3 heterocycles. The molecular weight excluding hydrogens is 432 g/mol. The second-order valence-corrected chi connectivity index (χ2v) is 9.27. The number of para-hydroxylation sites is 2. The van der Waals surface area contributed by atoms with E-state index >= 15 is 0 Å². The normalized spacial score (nSPS) is 12.3. The molecule has 0 aliphatic heterocycles. The molecule has 2 N–H and O–H groups in total. The summed E-state index contributed by atoms with van der Waals surface area (Å²) in [5, 5.41) is 5.27. The van der Waals surface area contributed by atoms with Crippen LogP contribution in [0.3, 0.4) is 0 Å². The molecule has 0 atom stereocenters. The van der Waals surface area contributed by atoms with Crippen LogP contribution in [0.15, 0.2) is 113 Å². The van der Waals surface area contributed by atoms with Gasteiger partial charge in [-0.3, -0.25) is 0 Å². The van der Waals surface area contributed by atoms with Crippen LogP contribution in [0.4, 0.5) is 0 Å². The van der Waals surface area contributed by atoms with Crippen molar-refractivity contribution in [2.45, 2.75) is 12.3 Å². The number of nitrogens with one attached hydrogen (secondary N) is 2. The van der Waals surface area contributed by atoms with E-state index in [2.05, 4.69) is 53.3 Å². The van der Waals surface area contributed by atoms with Gasteiger partial charge in [-0.2, -0.15) is 0 Å². The molecule has 4 aromatic carbocycles. The maximum absolute atomic E-state index is 13.7. The molecule has 0 fully saturated rings. The van der Waals surface area contributed by atoms with Gasteiger partial charge in [-0.15, -0.1) is 0 Å². The highest BCUT2D eigenvalue weighted by Crippen LogP contribution is 2.44. The molecule has 0 saturated heterocycles. The SMILES string of the molecule is CC(c1cc2c(ccc3ccccc32)oc1=O)(c1c[nH]c2ccccc12)c1c[nH]c2ccccc12. The summed E-state index contributed by atoms with van der Waals surface area (Å²) in [6.45, 7) is 2.13. The number of benzene rings is 4. The second-order valence-electron chi connectivity index (χ2n) is 9.27. The van der Waals surface area contributed by atoms with Crippen molar-refractivity contribution in [1.29, 1.82) is 0 Å². The topological polar surface area (TPSA) is 61.8 Å². The summed E-state index contributed by atoms with van der Waals surface area (Å²) in [6.07, 6.45) is 4.05. The van der Waals surface area contributed by atoms with Gasteiger partial charge in [0.1, 0.15) is 5.58 Å². The van der Waals surface area contributed by atoms with E-state index in [1.165, 1.54) is 0 Å². The van der Waals surface area contributed by atoms with Crippen molar-refractivity contribution in [3.05, 3.63) is 130 Å². The monoisotopic (exact) mass is 454 g/mol. The van der Waals surface area contributed by atoms with Gasteiger partial charge in [0.25, 0.3) is 0 Å². The minimum atomic E-state index is -0.773. The summed E-state index contributed by atoms with van der Waals surface area (Å²) in [7, 11) is 0. The highest BCUT2D eigenvalue weighted by molar-refractivity contribution is 6.05. The van der Waals surface area contributed by atoms with Crippen molar-refractivity contribution in [3.63, 3.8) is 0 Å². The first-order valence-electron chi connectivity index (χ1n) is 11.7. The smallest absolute Gasteiger partial charge is 0.340 e. The van der Waals surface area contributed by atoms with E-state index in [-0.39, 0.29) is 5.63 Å². The van der Waals surface area contributed by atoms with Crippen molar-refractivity contribution in [2.24, 2.45) is 0 Å². The third-order valence-corrected chi connectivity index (χ3v) is 7.44. The van der Waals surface area contributed by atoms with Gasteiger partial charge < -0.3 is 14.4 Å². The zero-order chi connectivity index (χ0) is 23.6. The molecule has 7 aromatic rings. The van der Waals surface area contributed by atoms with E-state index in [4.69, 9.17) is 4.42 Å². The molecule has 0 unspecified atom stereocenters. The lowest BCUT2D eigenvalue weighted by Crippen LogP contribution is -2.31. The predicted molar refractivity (Wildman–Crippen MR) is 142 cm³/mol. The van der Waals surface area contributed by atoms with Crippen LogP contribution in [0.25, 0.3) is 43.5 Å². The van der Waals surface area contributed by atoms with Crippen LogP contribution in [0, 0.1) is 0 Å². The zero-order valence-electron chi connectivity index (χ0n) is 19.1. The molecular formula is C31H22N2O2. The van der Waals surface area contributed by atoms with Crippen molar-refractivity contribution in [3.8, 4) is 0 Å². The largest absolute Gasteiger partial charge is 0.422 e. The quantitative estimate of drug-likeness (QED) is 0.218. The predicted octanol–water partition coefficient (Wildman–Crippen LogP) is 7.26. The molecule has 0 aliphatic rings. The number of aromatic nitrogens is 2. The van der Waals surface area contributed by atoms with Crippen molar-refractivity contribution in [1.82, 2.24) is 9.97 Å². The minimum absolute atomic E-state index is 0.328. The van der Waals surface area contributed by atoms with Crippen LogP contribution < -0.4 is 5.63 Å². The lowest BCUT2D eigenvalue weighted by Gasteiger charge is -2.29. The summed E-state index contributed by atoms with van der Waals surface area (Å²) < 4.78 is 5.99. The van der Waals surface area contributed by atoms with Crippen LogP contribution >= 0.6 is 0 Å². The van der Waals surface area contributed by atoms with Crippen LogP contribution in [0.5, 0.6) is 0 Å². The third-order valence-electron chi connectivity index (χ3n) is 7.44. The molecule has 0 bridgehead atoms. The third kappa shape index (κ3) is 2.77. The van der Waals surface area contributed by atoms with E-state index in [9.17, 15) is 4.79 Å². The average molecular weight is 455 g/mol. The maximum Gasteiger partial charge on any atom is 0.340 e. The Hall–Kier alpha value is -4.57. The van der Waals surface area contributed by atoms with E-state index in [1.54, 1.807) is 0 Å². The van der Waals surface area contributed by atoms with Gasteiger partial charge >= 0.3 is 5.63 Å². The zero-order valence-corrected chi connectivity index (χ0v) is 19.1. The first-order valence-corrected chi connectivity index (χ1v) is 11.7. The van der Waals surface area contributed by atoms with Gasteiger partial charge in [-0.05, 0) is 53.1 Å². The van der Waals surface area contributed by atoms with Crippen LogP contribution in [0.1, 0.15) is 23.6 Å². The van der Waals surface area contributed by atoms with E-state index < -0.39 is 5.41 Å². The van der Waals surface area contributed by atoms with Crippen molar-refractivity contribution < 1.29 is 4.42 Å². The van der Waals surface area contributed by atoms with Gasteiger partial charge in [0.2, 0.25) is 0 Å². The standard InChI is InChI=1S/C31H22N2O2/c1-31(25-17-32-27-12-6-4-10-21(25)27,26-18-33-28-13-7-5-11-22(26)28)24-16-23-20-9-3-2-8-19(20)14-15-29(23)35-30(24)34/h2-18,32-33H,1H3. The van der Waals surface area contributed by atoms with Crippen LogP contribution in [-0.4, -0.2) is 9.97 Å². The molecule has 0 saturated carbocycles. The fourth-order valence-electron chi connectivity index (χ4n) is 5.63. The number of rotatable bonds is 3. The van der Waals surface area contributed by atoms with Crippen LogP contribution in [0.2, 0.25) is 0 Å². The molecule has 0 amide bonds. The molecule has 4 heteroatoms. The summed E-state index contributed by atoms with van der Waals surface area (Å²) in [5.74, 6) is 0. The van der Waals surface area contributed by atoms with Crippen molar-refractivity contribution in [2.75, 3.05) is 0 Å². The number of fused-ring (bicyclic) bond motifs is 5. The average Bonchev–Trinajstić information content (AvgIpc) is 3.53. The Kier molecular flexibility index (Phi) is 4.09. The molecule has 7 rings (SSSR count). The number of aromatic amines is 2. The Labute approximate surface area is 200 Å². The lowest BCUT2D eigenvalue weighted by atomic mass is 9.71. The molecule has 35 heavy (non-hydrogen) atoms. The number of hydrogen-bond donors (Lipinski definition) is 2. The number of H-pyrrole nitrogens is 2. The summed E-state index contributed by atoms with van der Waals surface area (Å²) in [6, 6.07) is 30.6. The van der Waals surface area contributed by atoms with Crippen molar-refractivity contribution >= 4 is 43.5 Å². The van der Waals surface area contributed by atoms with Crippen LogP contribution in [-0.2, 0) is 5.41 Å². The Balaban J connectivity index is 1.64. The van der Waals surface area contributed by atoms with Gasteiger partial charge in [0.15, 0.2) is 0 Å². The van der Waals surface area contributed by atoms with E-state index in [1.807, 2.05) is 67.0 Å². The Morgan fingerprint density at radius 2 is 1.20 bits per heavy atom. The maximum atomic E-state index is 13.7. The summed E-state index contributed by atoms with van der Waals surface area (Å²) in [4.78, 5) is 20.5. The second kappa shape index (κ2) is 7.21. The first-order chi connectivity index (χ1) is 17.1. The number of hydrogen-bond acceptors (Lipinski definition) is 2. The highest BCUT2D eigenvalue weighted by Gasteiger charge is 2.38. The van der Waals surface area contributed by atoms with Gasteiger partial charge in [0.05, 0.1) is 11.0 Å². The summed E-state index contributed by atoms with van der Waals surface area (Å²) in [5.41, 5.74) is 4.23. The molecule has 168 valence electrons. The fraction of sp³-hybridized carbons (Fsp3) is 0.0645. The molecule has 4 nitrogen and oxygen atoms in total. The fourth-order valence-corrected chi connectivity index (χ4v) is 5.63. The molecule has 3 aromatic heterocycles. The van der Waals surface area contributed by atoms with Gasteiger partial charge in [0, 0.05) is 39.6 Å². The highest BCUT2D eigenvalue weighted by atomic mass is 16.4. The Morgan fingerprint density at radius 3 is 1.86 bits per heavy atom. The Bertz CT molecular complexity index is 1880.